The summed E-state index contributed by atoms with van der Waals surface area (Å²) in [4.78, 5) is 11.8. The van der Waals surface area contributed by atoms with Crippen LogP contribution in [-0.2, 0) is 17.4 Å². The fourth-order valence-corrected chi connectivity index (χ4v) is 2.41. The smallest absolute Gasteiger partial charge is 0.321 e. The summed E-state index contributed by atoms with van der Waals surface area (Å²) in [6.45, 7) is 0. The number of halogens is 8. The van der Waals surface area contributed by atoms with E-state index in [0.717, 1.165) is 0 Å². The predicted molar refractivity (Wildman–Crippen MR) is 77.8 cm³/mol. The Kier molecular flexibility index (Phi) is 5.40. The van der Waals surface area contributed by atoms with Gasteiger partial charge in [-0.2, -0.15) is 13.2 Å². The molecule has 0 aliphatic rings. The van der Waals surface area contributed by atoms with Gasteiger partial charge in [0.15, 0.2) is 23.3 Å². The zero-order valence-electron chi connectivity index (χ0n) is 11.9. The van der Waals surface area contributed by atoms with Crippen LogP contribution in [0.25, 0.3) is 0 Å². The van der Waals surface area contributed by atoms with Gasteiger partial charge in [-0.3, -0.25) is 4.79 Å². The van der Waals surface area contributed by atoms with Crippen LogP contribution in [0.3, 0.4) is 0 Å². The molecule has 0 saturated carbocycles. The monoisotopic (exact) mass is 429 g/mol. The van der Waals surface area contributed by atoms with Crippen LogP contribution >= 0.6 is 15.9 Å². The van der Waals surface area contributed by atoms with Gasteiger partial charge in [0.05, 0.1) is 6.42 Å². The number of hydrogen-bond donors (Lipinski definition) is 1. The summed E-state index contributed by atoms with van der Waals surface area (Å²) in [5, 5.41) is 1.56. The molecule has 2 nitrogen and oxygen atoms in total. The molecule has 0 spiro atoms. The van der Waals surface area contributed by atoms with Crippen LogP contribution in [0.1, 0.15) is 11.1 Å². The summed E-state index contributed by atoms with van der Waals surface area (Å²) < 4.78 is 92.3. The summed E-state index contributed by atoms with van der Waals surface area (Å²) in [7, 11) is 0. The van der Waals surface area contributed by atoms with Crippen molar-refractivity contribution in [1.29, 1.82) is 0 Å². The van der Waals surface area contributed by atoms with Gasteiger partial charge >= 0.3 is 6.18 Å². The van der Waals surface area contributed by atoms with E-state index in [1.807, 2.05) is 0 Å². The first-order chi connectivity index (χ1) is 11.5. The van der Waals surface area contributed by atoms with Crippen LogP contribution < -0.4 is 5.32 Å². The molecule has 1 amide bonds. The highest BCUT2D eigenvalue weighted by molar-refractivity contribution is 9.10. The number of hydrogen-bond acceptors (Lipinski definition) is 1. The standard InChI is InChI=1S/C15H7BrF7NO/c16-7-4-2-1-3-6(7)5-8(25)24-14-12(19)10(17)9(15(21,22)23)11(18)13(14)20/h1-4H,5H2,(H,24,25). The van der Waals surface area contributed by atoms with E-state index in [9.17, 15) is 35.5 Å². The summed E-state index contributed by atoms with van der Waals surface area (Å²) in [6.07, 6.45) is -6.09. The van der Waals surface area contributed by atoms with Crippen LogP contribution in [0.15, 0.2) is 28.7 Å². The average molecular weight is 430 g/mol. The van der Waals surface area contributed by atoms with Gasteiger partial charge in [0.25, 0.3) is 0 Å². The lowest BCUT2D eigenvalue weighted by molar-refractivity contribution is -0.143. The Labute approximate surface area is 144 Å². The zero-order valence-corrected chi connectivity index (χ0v) is 13.5. The summed E-state index contributed by atoms with van der Waals surface area (Å²) >= 11 is 3.12. The molecule has 2 rings (SSSR count). The molecular formula is C15H7BrF7NO. The first kappa shape index (κ1) is 19.2. The number of rotatable bonds is 3. The van der Waals surface area contributed by atoms with E-state index >= 15 is 0 Å². The Balaban J connectivity index is 2.38. The van der Waals surface area contributed by atoms with Crippen LogP contribution in [0.5, 0.6) is 0 Å². The topological polar surface area (TPSA) is 29.1 Å². The molecule has 0 radical (unpaired) electrons. The largest absolute Gasteiger partial charge is 0.422 e. The Hall–Kier alpha value is -2.10. The van der Waals surface area contributed by atoms with Gasteiger partial charge in [-0.05, 0) is 11.6 Å². The number of benzene rings is 2. The summed E-state index contributed by atoms with van der Waals surface area (Å²) in [6, 6.07) is 6.25. The molecule has 0 aromatic heterocycles. The van der Waals surface area contributed by atoms with E-state index < -0.39 is 53.0 Å². The molecular weight excluding hydrogens is 423 g/mol. The van der Waals surface area contributed by atoms with Crippen molar-refractivity contribution in [2.75, 3.05) is 5.32 Å². The second kappa shape index (κ2) is 7.03. The molecule has 25 heavy (non-hydrogen) atoms. The molecule has 0 saturated heterocycles. The molecule has 0 fully saturated rings. The van der Waals surface area contributed by atoms with Crippen molar-refractivity contribution >= 4 is 27.5 Å². The molecule has 2 aromatic rings. The van der Waals surface area contributed by atoms with E-state index in [4.69, 9.17) is 0 Å². The van der Waals surface area contributed by atoms with Crippen molar-refractivity contribution < 1.29 is 35.5 Å². The van der Waals surface area contributed by atoms with Crippen molar-refractivity contribution in [3.8, 4) is 0 Å². The van der Waals surface area contributed by atoms with Gasteiger partial charge in [0.2, 0.25) is 5.91 Å². The minimum atomic E-state index is -5.65. The van der Waals surface area contributed by atoms with Gasteiger partial charge < -0.3 is 5.32 Å². The summed E-state index contributed by atoms with van der Waals surface area (Å²) in [5.74, 6) is -11.0. The molecule has 0 aliphatic heterocycles. The number of carbonyl (C=O) groups excluding carboxylic acids is 1. The third-order valence-electron chi connectivity index (χ3n) is 3.12. The third-order valence-corrected chi connectivity index (χ3v) is 3.89. The van der Waals surface area contributed by atoms with Crippen LogP contribution in [0.2, 0.25) is 0 Å². The second-order valence-corrected chi connectivity index (χ2v) is 5.67. The molecule has 2 aromatic carbocycles. The van der Waals surface area contributed by atoms with Crippen LogP contribution in [0.4, 0.5) is 36.4 Å². The average Bonchev–Trinajstić information content (AvgIpc) is 2.51. The first-order valence-electron chi connectivity index (χ1n) is 6.50. The summed E-state index contributed by atoms with van der Waals surface area (Å²) in [5.41, 5.74) is -3.94. The van der Waals surface area contributed by atoms with E-state index in [1.165, 1.54) is 6.07 Å². The molecule has 0 aliphatic carbocycles. The lowest BCUT2D eigenvalue weighted by atomic mass is 10.1. The molecule has 134 valence electrons. The van der Waals surface area contributed by atoms with E-state index in [0.29, 0.717) is 10.0 Å². The SMILES string of the molecule is O=C(Cc1ccccc1Br)Nc1c(F)c(F)c(C(F)(F)F)c(F)c1F. The van der Waals surface area contributed by atoms with Crippen LogP contribution in [0, 0.1) is 23.3 Å². The number of alkyl halides is 3. The van der Waals surface area contributed by atoms with Gasteiger partial charge in [-0.1, -0.05) is 34.1 Å². The third kappa shape index (κ3) is 3.94. The number of amides is 1. The molecule has 0 unspecified atom stereocenters. The highest BCUT2D eigenvalue weighted by Gasteiger charge is 2.42. The minimum Gasteiger partial charge on any atom is -0.321 e. The maximum Gasteiger partial charge on any atom is 0.422 e. The maximum absolute atomic E-state index is 13.7. The lowest BCUT2D eigenvalue weighted by Crippen LogP contribution is -2.21. The van der Waals surface area contributed by atoms with Gasteiger partial charge in [0.1, 0.15) is 11.3 Å². The van der Waals surface area contributed by atoms with Crippen molar-refractivity contribution in [2.45, 2.75) is 12.6 Å². The molecule has 10 heteroatoms. The van der Waals surface area contributed by atoms with Crippen LogP contribution in [-0.4, -0.2) is 5.91 Å². The van der Waals surface area contributed by atoms with Crippen molar-refractivity contribution in [2.24, 2.45) is 0 Å². The predicted octanol–water partition coefficient (Wildman–Crippen LogP) is 5.21. The Bertz CT molecular complexity index is 806. The normalized spacial score (nSPS) is 11.5. The quantitative estimate of drug-likeness (QED) is 0.526. The minimum absolute atomic E-state index is 0.383. The number of nitrogens with one attached hydrogen (secondary N) is 1. The molecule has 0 atom stereocenters. The fraction of sp³-hybridized carbons (Fsp3) is 0.133. The fourth-order valence-electron chi connectivity index (χ4n) is 1.99. The highest BCUT2D eigenvalue weighted by Crippen LogP contribution is 2.38. The van der Waals surface area contributed by atoms with E-state index in [-0.39, 0.29) is 0 Å². The Morgan fingerprint density at radius 2 is 1.48 bits per heavy atom. The Morgan fingerprint density at radius 1 is 0.960 bits per heavy atom. The number of carbonyl (C=O) groups is 1. The van der Waals surface area contributed by atoms with E-state index in [1.54, 1.807) is 23.5 Å². The van der Waals surface area contributed by atoms with Gasteiger partial charge in [-0.25, -0.2) is 17.6 Å². The molecule has 0 bridgehead atoms. The maximum atomic E-state index is 13.7. The van der Waals surface area contributed by atoms with Gasteiger partial charge in [-0.15, -0.1) is 0 Å². The number of anilines is 1. The van der Waals surface area contributed by atoms with Crippen molar-refractivity contribution in [3.63, 3.8) is 0 Å². The second-order valence-electron chi connectivity index (χ2n) is 4.82. The Morgan fingerprint density at radius 3 is 1.96 bits per heavy atom. The van der Waals surface area contributed by atoms with E-state index in [2.05, 4.69) is 15.9 Å². The lowest BCUT2D eigenvalue weighted by Gasteiger charge is -2.14. The first-order valence-corrected chi connectivity index (χ1v) is 7.29. The molecule has 1 N–H and O–H groups in total. The van der Waals surface area contributed by atoms with Crippen molar-refractivity contribution in [1.82, 2.24) is 0 Å². The zero-order chi connectivity index (χ0) is 18.9. The highest BCUT2D eigenvalue weighted by atomic mass is 79.9. The van der Waals surface area contributed by atoms with Crippen molar-refractivity contribution in [3.05, 3.63) is 63.1 Å². The van der Waals surface area contributed by atoms with Gasteiger partial charge in [0, 0.05) is 4.47 Å². The molecule has 0 heterocycles.